The Labute approximate surface area is 156 Å². The highest BCUT2D eigenvalue weighted by atomic mass is 19.1. The van der Waals surface area contributed by atoms with Crippen molar-refractivity contribution >= 4 is 23.2 Å². The average molecular weight is 366 g/mol. The number of rotatable bonds is 6. The highest BCUT2D eigenvalue weighted by Crippen LogP contribution is 2.23. The number of nitrogens with one attached hydrogen (secondary N) is 2. The summed E-state index contributed by atoms with van der Waals surface area (Å²) in [7, 11) is 0. The first kappa shape index (κ1) is 18.4. The molecule has 0 unspecified atom stereocenters. The third-order valence-electron chi connectivity index (χ3n) is 3.88. The molecule has 0 fully saturated rings. The van der Waals surface area contributed by atoms with Crippen molar-refractivity contribution < 1.29 is 18.4 Å². The van der Waals surface area contributed by atoms with Gasteiger partial charge in [0.05, 0.1) is 0 Å². The third-order valence-corrected chi connectivity index (χ3v) is 3.88. The summed E-state index contributed by atoms with van der Waals surface area (Å²) in [5.41, 5.74) is 2.11. The molecule has 0 radical (unpaired) electrons. The highest BCUT2D eigenvalue weighted by molar-refractivity contribution is 5.92. The Morgan fingerprint density at radius 2 is 1.52 bits per heavy atom. The van der Waals surface area contributed by atoms with Crippen LogP contribution in [0.3, 0.4) is 0 Å². The van der Waals surface area contributed by atoms with Crippen molar-refractivity contribution in [3.8, 4) is 11.3 Å². The van der Waals surface area contributed by atoms with Crippen molar-refractivity contribution in [1.29, 1.82) is 0 Å². The van der Waals surface area contributed by atoms with Gasteiger partial charge < -0.3 is 15.1 Å². The Kier molecular flexibility index (Phi) is 5.66. The van der Waals surface area contributed by atoms with E-state index in [0.29, 0.717) is 29.3 Å². The zero-order valence-corrected chi connectivity index (χ0v) is 14.8. The van der Waals surface area contributed by atoms with Gasteiger partial charge in [0.25, 0.3) is 0 Å². The smallest absolute Gasteiger partial charge is 0.224 e. The molecule has 27 heavy (non-hydrogen) atoms. The minimum atomic E-state index is -0.299. The predicted octanol–water partition coefficient (Wildman–Crippen LogP) is 4.62. The second-order valence-corrected chi connectivity index (χ2v) is 6.08. The van der Waals surface area contributed by atoms with Gasteiger partial charge in [0, 0.05) is 36.7 Å². The summed E-state index contributed by atoms with van der Waals surface area (Å²) < 4.78 is 18.7. The Hall–Kier alpha value is -3.41. The van der Waals surface area contributed by atoms with E-state index in [9.17, 15) is 14.0 Å². The summed E-state index contributed by atoms with van der Waals surface area (Å²) in [5.74, 6) is 0.740. The molecule has 2 N–H and O–H groups in total. The van der Waals surface area contributed by atoms with Gasteiger partial charge in [0.2, 0.25) is 11.8 Å². The fourth-order valence-electron chi connectivity index (χ4n) is 2.58. The summed E-state index contributed by atoms with van der Waals surface area (Å²) in [6.45, 7) is 1.44. The first-order valence-electron chi connectivity index (χ1n) is 8.52. The van der Waals surface area contributed by atoms with Gasteiger partial charge >= 0.3 is 0 Å². The number of amides is 2. The summed E-state index contributed by atoms with van der Waals surface area (Å²) >= 11 is 0. The molecule has 0 saturated carbocycles. The number of furan rings is 1. The van der Waals surface area contributed by atoms with Gasteiger partial charge in [-0.1, -0.05) is 0 Å². The van der Waals surface area contributed by atoms with Gasteiger partial charge in [-0.05, 0) is 60.7 Å². The number of aryl methyl sites for hydroxylation is 1. The average Bonchev–Trinajstić information content (AvgIpc) is 3.11. The van der Waals surface area contributed by atoms with Crippen molar-refractivity contribution in [3.63, 3.8) is 0 Å². The van der Waals surface area contributed by atoms with E-state index in [0.717, 1.165) is 5.56 Å². The molecule has 0 aliphatic rings. The largest absolute Gasteiger partial charge is 0.461 e. The van der Waals surface area contributed by atoms with Crippen LogP contribution < -0.4 is 10.6 Å². The van der Waals surface area contributed by atoms with Gasteiger partial charge in [-0.25, -0.2) is 4.39 Å². The zero-order valence-electron chi connectivity index (χ0n) is 14.8. The molecule has 3 rings (SSSR count). The Balaban J connectivity index is 1.52. The van der Waals surface area contributed by atoms with Crippen LogP contribution >= 0.6 is 0 Å². The Bertz CT molecular complexity index is 931. The molecular weight excluding hydrogens is 347 g/mol. The number of benzene rings is 2. The summed E-state index contributed by atoms with van der Waals surface area (Å²) in [5, 5.41) is 5.47. The van der Waals surface area contributed by atoms with E-state index in [-0.39, 0.29) is 24.1 Å². The maximum absolute atomic E-state index is 13.0. The minimum absolute atomic E-state index is 0.137. The lowest BCUT2D eigenvalue weighted by atomic mass is 10.2. The van der Waals surface area contributed by atoms with Crippen LogP contribution in [0.4, 0.5) is 15.8 Å². The molecule has 0 bridgehead atoms. The van der Waals surface area contributed by atoms with Gasteiger partial charge in [-0.15, -0.1) is 0 Å². The molecular formula is C21H19FN2O3. The van der Waals surface area contributed by atoms with Crippen LogP contribution in [0.15, 0.2) is 65.1 Å². The normalized spacial score (nSPS) is 10.4. The zero-order chi connectivity index (χ0) is 19.2. The van der Waals surface area contributed by atoms with E-state index in [1.807, 2.05) is 6.07 Å². The van der Waals surface area contributed by atoms with Crippen LogP contribution in [0.5, 0.6) is 0 Å². The number of hydrogen-bond acceptors (Lipinski definition) is 3. The number of hydrogen-bond donors (Lipinski definition) is 2. The second kappa shape index (κ2) is 8.31. The topological polar surface area (TPSA) is 71.3 Å². The standard InChI is InChI=1S/C21H19FN2O3/c1-14(25)23-17-6-8-18(9-7-17)24-21(26)13-11-19-10-12-20(27-19)15-2-4-16(22)5-3-15/h2-10,12H,11,13H2,1H3,(H,23,25)(H,24,26). The van der Waals surface area contributed by atoms with Crippen molar-refractivity contribution in [2.45, 2.75) is 19.8 Å². The number of anilines is 2. The lowest BCUT2D eigenvalue weighted by molar-refractivity contribution is -0.116. The minimum Gasteiger partial charge on any atom is -0.461 e. The first-order chi connectivity index (χ1) is 13.0. The fraction of sp³-hybridized carbons (Fsp3) is 0.143. The van der Waals surface area contributed by atoms with Gasteiger partial charge in [0.15, 0.2) is 0 Å². The van der Waals surface area contributed by atoms with Gasteiger partial charge in [-0.3, -0.25) is 9.59 Å². The van der Waals surface area contributed by atoms with Crippen LogP contribution in [0.25, 0.3) is 11.3 Å². The van der Waals surface area contributed by atoms with Gasteiger partial charge in [-0.2, -0.15) is 0 Å². The number of halogens is 1. The molecule has 1 aromatic heterocycles. The molecule has 2 amide bonds. The van der Waals surface area contributed by atoms with E-state index >= 15 is 0 Å². The van der Waals surface area contributed by atoms with E-state index in [1.165, 1.54) is 19.1 Å². The molecule has 2 aromatic carbocycles. The van der Waals surface area contributed by atoms with Crippen molar-refractivity contribution in [3.05, 3.63) is 72.2 Å². The van der Waals surface area contributed by atoms with Crippen LogP contribution in [-0.4, -0.2) is 11.8 Å². The van der Waals surface area contributed by atoms with Crippen LogP contribution in [0, 0.1) is 5.82 Å². The maximum Gasteiger partial charge on any atom is 0.224 e. The summed E-state index contributed by atoms with van der Waals surface area (Å²) in [6, 6.07) is 16.6. The first-order valence-corrected chi connectivity index (χ1v) is 8.52. The van der Waals surface area contributed by atoms with Crippen molar-refractivity contribution in [1.82, 2.24) is 0 Å². The van der Waals surface area contributed by atoms with Crippen LogP contribution in [-0.2, 0) is 16.0 Å². The van der Waals surface area contributed by atoms with Crippen molar-refractivity contribution in [2.24, 2.45) is 0 Å². The van der Waals surface area contributed by atoms with Crippen LogP contribution in [0.1, 0.15) is 19.1 Å². The summed E-state index contributed by atoms with van der Waals surface area (Å²) in [4.78, 5) is 23.1. The molecule has 5 nitrogen and oxygen atoms in total. The van der Waals surface area contributed by atoms with E-state index in [2.05, 4.69) is 10.6 Å². The number of carbonyl (C=O) groups is 2. The fourth-order valence-corrected chi connectivity index (χ4v) is 2.58. The summed E-state index contributed by atoms with van der Waals surface area (Å²) in [6.07, 6.45) is 0.723. The monoisotopic (exact) mass is 366 g/mol. The molecule has 1 heterocycles. The molecule has 6 heteroatoms. The van der Waals surface area contributed by atoms with E-state index in [4.69, 9.17) is 4.42 Å². The molecule has 0 atom stereocenters. The molecule has 0 aliphatic heterocycles. The molecule has 138 valence electrons. The quantitative estimate of drug-likeness (QED) is 0.669. The highest BCUT2D eigenvalue weighted by Gasteiger charge is 2.08. The Morgan fingerprint density at radius 1 is 0.889 bits per heavy atom. The predicted molar refractivity (Wildman–Crippen MR) is 102 cm³/mol. The lowest BCUT2D eigenvalue weighted by Gasteiger charge is -2.06. The van der Waals surface area contributed by atoms with E-state index < -0.39 is 0 Å². The van der Waals surface area contributed by atoms with E-state index in [1.54, 1.807) is 42.5 Å². The molecule has 0 aliphatic carbocycles. The molecule has 0 saturated heterocycles. The van der Waals surface area contributed by atoms with Crippen LogP contribution in [0.2, 0.25) is 0 Å². The number of carbonyl (C=O) groups excluding carboxylic acids is 2. The Morgan fingerprint density at radius 3 is 2.15 bits per heavy atom. The van der Waals surface area contributed by atoms with Gasteiger partial charge in [0.1, 0.15) is 17.3 Å². The second-order valence-electron chi connectivity index (χ2n) is 6.08. The van der Waals surface area contributed by atoms with Crippen molar-refractivity contribution in [2.75, 3.05) is 10.6 Å². The lowest BCUT2D eigenvalue weighted by Crippen LogP contribution is -2.12. The molecule has 3 aromatic rings. The SMILES string of the molecule is CC(=O)Nc1ccc(NC(=O)CCc2ccc(-c3ccc(F)cc3)o2)cc1. The molecule has 0 spiro atoms. The third kappa shape index (κ3) is 5.28. The maximum atomic E-state index is 13.0.